The smallest absolute Gasteiger partial charge is 0.352 e. The minimum Gasteiger partial charge on any atom is -0.352 e. The van der Waals surface area contributed by atoms with Crippen molar-refractivity contribution in [2.75, 3.05) is 23.7 Å². The lowest BCUT2D eigenvalue weighted by atomic mass is 9.99. The molecule has 1 amide bonds. The molecule has 3 aromatic heterocycles. The van der Waals surface area contributed by atoms with Gasteiger partial charge in [0.05, 0.1) is 16.1 Å². The van der Waals surface area contributed by atoms with E-state index in [0.29, 0.717) is 39.2 Å². The van der Waals surface area contributed by atoms with Gasteiger partial charge >= 0.3 is 11.9 Å². The lowest BCUT2D eigenvalue weighted by Crippen LogP contribution is -2.58. The first-order valence-corrected chi connectivity index (χ1v) is 16.3. The molecular weight excluding hydrogens is 631 g/mol. The first-order valence-electron chi connectivity index (χ1n) is 14.1. The van der Waals surface area contributed by atoms with Gasteiger partial charge in [0.2, 0.25) is 5.91 Å². The standard InChI is InChI=1S/C31H29ClF3N5O2S2/c1-5-25(41)40-17(3)11-38(12-18(40)4)29-22-10-23(31(33,34)35)26(24-9-21(32)15-43-24)28-27(22)39(30(42)37-29)13-20(14-44-28)19-6-7-36-16(2)8-19/h5-10,15,17-18,20H,1,11-14H2,2-4H3/t17-,18+,20-/m0/s1. The van der Waals surface area contributed by atoms with Crippen LogP contribution in [-0.2, 0) is 17.5 Å². The fourth-order valence-corrected chi connectivity index (χ4v) is 8.96. The van der Waals surface area contributed by atoms with Gasteiger partial charge < -0.3 is 9.80 Å². The highest BCUT2D eigenvalue weighted by atomic mass is 35.5. The maximum Gasteiger partial charge on any atom is 0.417 e. The number of benzene rings is 1. The average molecular weight is 660 g/mol. The van der Waals surface area contributed by atoms with E-state index in [1.807, 2.05) is 37.8 Å². The fourth-order valence-electron chi connectivity index (χ4n) is 6.37. The van der Waals surface area contributed by atoms with Crippen molar-refractivity contribution in [1.29, 1.82) is 0 Å². The van der Waals surface area contributed by atoms with E-state index in [1.165, 1.54) is 28.5 Å². The van der Waals surface area contributed by atoms with Crippen LogP contribution in [0, 0.1) is 6.92 Å². The number of hydrogen-bond acceptors (Lipinski definition) is 7. The van der Waals surface area contributed by atoms with Crippen LogP contribution in [0.3, 0.4) is 0 Å². The topological polar surface area (TPSA) is 71.3 Å². The van der Waals surface area contributed by atoms with Crippen LogP contribution in [0.1, 0.15) is 36.6 Å². The first kappa shape index (κ1) is 30.7. The molecule has 0 radical (unpaired) electrons. The molecular formula is C31H29ClF3N5O2S2. The van der Waals surface area contributed by atoms with Gasteiger partial charge in [0.25, 0.3) is 0 Å². The number of thioether (sulfide) groups is 1. The third-order valence-electron chi connectivity index (χ3n) is 8.19. The molecule has 2 aliphatic rings. The van der Waals surface area contributed by atoms with Gasteiger partial charge in [-0.15, -0.1) is 23.1 Å². The molecule has 44 heavy (non-hydrogen) atoms. The molecule has 0 saturated carbocycles. The number of piperazine rings is 1. The lowest BCUT2D eigenvalue weighted by Gasteiger charge is -2.44. The van der Waals surface area contributed by atoms with E-state index in [4.69, 9.17) is 11.6 Å². The Hall–Kier alpha value is -3.35. The number of alkyl halides is 3. The molecule has 6 rings (SSSR count). The van der Waals surface area contributed by atoms with Gasteiger partial charge in [0.1, 0.15) is 5.82 Å². The number of rotatable bonds is 4. The van der Waals surface area contributed by atoms with Crippen LogP contribution in [-0.4, -0.2) is 56.3 Å². The second kappa shape index (κ2) is 11.5. The second-order valence-corrected chi connectivity index (χ2v) is 13.6. The Morgan fingerprint density at radius 1 is 1.16 bits per heavy atom. The van der Waals surface area contributed by atoms with Crippen LogP contribution in [0.25, 0.3) is 21.3 Å². The number of thiophene rings is 1. The minimum atomic E-state index is -4.70. The van der Waals surface area contributed by atoms with E-state index in [1.54, 1.807) is 16.5 Å². The highest BCUT2D eigenvalue weighted by Crippen LogP contribution is 2.50. The Morgan fingerprint density at radius 3 is 2.50 bits per heavy atom. The lowest BCUT2D eigenvalue weighted by molar-refractivity contribution is -0.137. The number of hydrogen-bond donors (Lipinski definition) is 0. The number of aryl methyl sites for hydroxylation is 1. The van der Waals surface area contributed by atoms with Crippen molar-refractivity contribution in [3.05, 3.63) is 80.8 Å². The molecule has 0 spiro atoms. The maximum atomic E-state index is 14.9. The van der Waals surface area contributed by atoms with Crippen LogP contribution in [0.5, 0.6) is 0 Å². The van der Waals surface area contributed by atoms with Crippen LogP contribution in [0.2, 0.25) is 5.02 Å². The van der Waals surface area contributed by atoms with Crippen LogP contribution in [0.15, 0.2) is 58.2 Å². The number of carbonyl (C=O) groups excluding carboxylic acids is 1. The van der Waals surface area contributed by atoms with Crippen molar-refractivity contribution in [3.8, 4) is 10.4 Å². The normalized spacial score (nSPS) is 20.6. The summed E-state index contributed by atoms with van der Waals surface area (Å²) in [5, 5.41) is 2.20. The molecule has 5 heterocycles. The molecule has 13 heteroatoms. The summed E-state index contributed by atoms with van der Waals surface area (Å²) in [5.41, 5.74) is 0.865. The number of pyridine rings is 1. The zero-order valence-corrected chi connectivity index (χ0v) is 26.6. The summed E-state index contributed by atoms with van der Waals surface area (Å²) in [6.07, 6.45) is -1.74. The Kier molecular flexibility index (Phi) is 8.04. The SMILES string of the molecule is C=CC(=O)N1[C@H](C)CN(c2nc(=O)n3c4c(c(-c5cc(Cl)cs5)c(C(F)(F)F)cc24)SC[C@@H](c2ccnc(C)c2)C3)C[C@@H]1C. The molecule has 7 nitrogen and oxygen atoms in total. The molecule has 0 unspecified atom stereocenters. The van der Waals surface area contributed by atoms with E-state index < -0.39 is 17.4 Å². The van der Waals surface area contributed by atoms with E-state index in [2.05, 4.69) is 16.5 Å². The van der Waals surface area contributed by atoms with E-state index in [0.717, 1.165) is 28.7 Å². The fraction of sp³-hybridized carbons (Fsp3) is 0.355. The number of carbonyl (C=O) groups is 1. The van der Waals surface area contributed by atoms with Gasteiger partial charge in [-0.3, -0.25) is 14.3 Å². The van der Waals surface area contributed by atoms with Gasteiger partial charge in [0, 0.05) is 81.4 Å². The summed E-state index contributed by atoms with van der Waals surface area (Å²) in [5.74, 6) is 0.231. The van der Waals surface area contributed by atoms with E-state index in [9.17, 15) is 22.8 Å². The predicted molar refractivity (Wildman–Crippen MR) is 170 cm³/mol. The van der Waals surface area contributed by atoms with Gasteiger partial charge in [-0.05, 0) is 56.7 Å². The number of halogens is 4. The van der Waals surface area contributed by atoms with Crippen LogP contribution >= 0.6 is 34.7 Å². The van der Waals surface area contributed by atoms with Crippen LogP contribution < -0.4 is 10.6 Å². The van der Waals surface area contributed by atoms with E-state index >= 15 is 0 Å². The highest BCUT2D eigenvalue weighted by molar-refractivity contribution is 7.99. The number of amides is 1. The quantitative estimate of drug-likeness (QED) is 0.220. The maximum absolute atomic E-state index is 14.9. The average Bonchev–Trinajstić information content (AvgIpc) is 3.28. The van der Waals surface area contributed by atoms with Crippen LogP contribution in [0.4, 0.5) is 19.0 Å². The summed E-state index contributed by atoms with van der Waals surface area (Å²) in [6, 6.07) is 5.92. The molecule has 1 fully saturated rings. The summed E-state index contributed by atoms with van der Waals surface area (Å²) in [4.78, 5) is 39.5. The van der Waals surface area contributed by atoms with Crippen molar-refractivity contribution >= 4 is 57.3 Å². The third kappa shape index (κ3) is 5.41. The van der Waals surface area contributed by atoms with Crippen molar-refractivity contribution < 1.29 is 18.0 Å². The summed E-state index contributed by atoms with van der Waals surface area (Å²) in [7, 11) is 0. The van der Waals surface area contributed by atoms with Gasteiger partial charge in [0.15, 0.2) is 0 Å². The molecule has 1 aromatic carbocycles. The number of nitrogens with zero attached hydrogens (tertiary/aromatic N) is 5. The van der Waals surface area contributed by atoms with Gasteiger partial charge in [-0.1, -0.05) is 18.2 Å². The molecule has 2 aliphatic heterocycles. The zero-order valence-electron chi connectivity index (χ0n) is 24.2. The Balaban J connectivity index is 1.62. The largest absolute Gasteiger partial charge is 0.417 e. The van der Waals surface area contributed by atoms with Gasteiger partial charge in [-0.2, -0.15) is 18.2 Å². The monoisotopic (exact) mass is 659 g/mol. The molecule has 230 valence electrons. The number of aromatic nitrogens is 3. The second-order valence-electron chi connectivity index (χ2n) is 11.3. The molecule has 0 bridgehead atoms. The highest BCUT2D eigenvalue weighted by Gasteiger charge is 2.40. The van der Waals surface area contributed by atoms with Crippen molar-refractivity contribution in [2.45, 2.75) is 56.4 Å². The van der Waals surface area contributed by atoms with Crippen molar-refractivity contribution in [1.82, 2.24) is 19.4 Å². The summed E-state index contributed by atoms with van der Waals surface area (Å²) in [6.45, 7) is 10.0. The minimum absolute atomic E-state index is 0.0203. The first-order chi connectivity index (χ1) is 20.9. The summed E-state index contributed by atoms with van der Waals surface area (Å²) >= 11 is 8.67. The summed E-state index contributed by atoms with van der Waals surface area (Å²) < 4.78 is 46.4. The molecule has 4 aromatic rings. The predicted octanol–water partition coefficient (Wildman–Crippen LogP) is 7.00. The van der Waals surface area contributed by atoms with Crippen molar-refractivity contribution in [2.24, 2.45) is 0 Å². The molecule has 0 N–H and O–H groups in total. The molecule has 1 saturated heterocycles. The Bertz CT molecular complexity index is 1840. The Labute approximate surface area is 265 Å². The van der Waals surface area contributed by atoms with Gasteiger partial charge in [-0.25, -0.2) is 4.79 Å². The number of anilines is 1. The molecule has 3 atom stereocenters. The molecule has 0 aliphatic carbocycles. The van der Waals surface area contributed by atoms with E-state index in [-0.39, 0.29) is 47.2 Å². The third-order valence-corrected chi connectivity index (χ3v) is 10.7. The Morgan fingerprint density at radius 2 is 1.89 bits per heavy atom. The van der Waals surface area contributed by atoms with Crippen molar-refractivity contribution in [3.63, 3.8) is 0 Å². The zero-order chi connectivity index (χ0) is 31.5.